The molecule has 0 fully saturated rings. The van der Waals surface area contributed by atoms with Gasteiger partial charge in [-0.3, -0.25) is 9.59 Å². The molecule has 0 saturated heterocycles. The van der Waals surface area contributed by atoms with Gasteiger partial charge in [0.2, 0.25) is 5.91 Å². The van der Waals surface area contributed by atoms with Crippen LogP contribution in [0.5, 0.6) is 5.75 Å². The van der Waals surface area contributed by atoms with Gasteiger partial charge in [-0.15, -0.1) is 0 Å². The average molecular weight is 519 g/mol. The van der Waals surface area contributed by atoms with Crippen molar-refractivity contribution in [3.63, 3.8) is 0 Å². The zero-order chi connectivity index (χ0) is 26.6. The molecule has 0 saturated carbocycles. The van der Waals surface area contributed by atoms with Gasteiger partial charge in [-0.2, -0.15) is 0 Å². The second-order valence-corrected chi connectivity index (χ2v) is 9.63. The van der Waals surface area contributed by atoms with Crippen LogP contribution < -0.4 is 4.74 Å². The first kappa shape index (κ1) is 27.4. The Morgan fingerprint density at radius 1 is 1.03 bits per heavy atom. The fourth-order valence-electron chi connectivity index (χ4n) is 4.85. The van der Waals surface area contributed by atoms with Crippen LogP contribution in [0.2, 0.25) is 0 Å². The number of rotatable bonds is 8. The second-order valence-electron chi connectivity index (χ2n) is 9.63. The predicted octanol–water partition coefficient (Wildman–Crippen LogP) is 4.06. The fraction of sp³-hybridized carbons (Fsp3) is 0.433. The van der Waals surface area contributed by atoms with Crippen LogP contribution in [0.15, 0.2) is 73.3 Å². The molecule has 1 atom stereocenters. The molecule has 3 aromatic rings. The van der Waals surface area contributed by atoms with Gasteiger partial charge in [-0.05, 0) is 43.4 Å². The minimum atomic E-state index is -0.166. The Hall–Kier alpha value is -3.65. The van der Waals surface area contributed by atoms with Crippen molar-refractivity contribution in [2.75, 3.05) is 40.0 Å². The number of hydrogen-bond acceptors (Lipinski definition) is 5. The van der Waals surface area contributed by atoms with Gasteiger partial charge in [0, 0.05) is 52.1 Å². The molecule has 202 valence electrons. The molecule has 0 aliphatic carbocycles. The number of amides is 2. The lowest BCUT2D eigenvalue weighted by atomic mass is 10.0. The Bertz CT molecular complexity index is 1140. The number of aryl methyl sites for hydroxylation is 1. The van der Waals surface area contributed by atoms with E-state index >= 15 is 0 Å². The maximum atomic E-state index is 13.6. The molecule has 1 aromatic heterocycles. The molecule has 0 N–H and O–H groups in total. The molecule has 0 unspecified atom stereocenters. The molecule has 1 aliphatic rings. The van der Waals surface area contributed by atoms with E-state index in [0.717, 1.165) is 24.8 Å². The van der Waals surface area contributed by atoms with E-state index in [1.807, 2.05) is 63.0 Å². The normalized spacial score (nSPS) is 17.1. The fourth-order valence-corrected chi connectivity index (χ4v) is 4.85. The Kier molecular flexibility index (Phi) is 10.3. The largest absolute Gasteiger partial charge is 0.491 e. The monoisotopic (exact) mass is 518 g/mol. The van der Waals surface area contributed by atoms with E-state index in [9.17, 15) is 9.59 Å². The number of carbonyl (C=O) groups excluding carboxylic acids is 2. The summed E-state index contributed by atoms with van der Waals surface area (Å²) in [6.45, 7) is 3.18. The van der Waals surface area contributed by atoms with E-state index in [1.165, 1.54) is 0 Å². The minimum absolute atomic E-state index is 0.0511. The maximum Gasteiger partial charge on any atom is 0.257 e. The van der Waals surface area contributed by atoms with Gasteiger partial charge in [0.1, 0.15) is 12.4 Å². The number of nitrogens with zero attached hydrogens (tertiary/aromatic N) is 4. The first-order chi connectivity index (χ1) is 18.7. The number of carbonyl (C=O) groups is 2. The van der Waals surface area contributed by atoms with Crippen LogP contribution in [0.25, 0.3) is 0 Å². The number of hydrogen-bond donors (Lipinski definition) is 0. The van der Waals surface area contributed by atoms with E-state index in [1.54, 1.807) is 19.6 Å². The van der Waals surface area contributed by atoms with Crippen molar-refractivity contribution in [2.45, 2.75) is 44.7 Å². The smallest absolute Gasteiger partial charge is 0.257 e. The van der Waals surface area contributed by atoms with Gasteiger partial charge >= 0.3 is 0 Å². The van der Waals surface area contributed by atoms with Crippen LogP contribution in [0.3, 0.4) is 0 Å². The summed E-state index contributed by atoms with van der Waals surface area (Å²) in [5.41, 5.74) is 1.69. The molecule has 2 aromatic carbocycles. The van der Waals surface area contributed by atoms with Gasteiger partial charge in [0.25, 0.3) is 5.91 Å². The molecule has 0 radical (unpaired) electrons. The van der Waals surface area contributed by atoms with Crippen molar-refractivity contribution in [3.05, 3.63) is 84.4 Å². The maximum absolute atomic E-state index is 13.6. The summed E-state index contributed by atoms with van der Waals surface area (Å²) in [6, 6.07) is 17.4. The molecule has 0 bridgehead atoms. The second kappa shape index (κ2) is 14.3. The number of para-hydroxylation sites is 1. The summed E-state index contributed by atoms with van der Waals surface area (Å²) < 4.78 is 13.5. The molecule has 38 heavy (non-hydrogen) atoms. The van der Waals surface area contributed by atoms with E-state index in [-0.39, 0.29) is 17.9 Å². The van der Waals surface area contributed by atoms with Crippen molar-refractivity contribution >= 4 is 11.8 Å². The zero-order valence-electron chi connectivity index (χ0n) is 22.2. The topological polar surface area (TPSA) is 76.9 Å². The van der Waals surface area contributed by atoms with Crippen LogP contribution in [-0.4, -0.2) is 77.2 Å². The summed E-state index contributed by atoms with van der Waals surface area (Å²) in [7, 11) is 1.65. The number of imidazole rings is 1. The Labute approximate surface area is 225 Å². The van der Waals surface area contributed by atoms with Crippen molar-refractivity contribution in [1.82, 2.24) is 19.4 Å². The quantitative estimate of drug-likeness (QED) is 0.450. The molecule has 0 spiro atoms. The third kappa shape index (κ3) is 7.68. The van der Waals surface area contributed by atoms with E-state index in [4.69, 9.17) is 9.47 Å². The van der Waals surface area contributed by atoms with Gasteiger partial charge in [-0.25, -0.2) is 4.98 Å². The third-order valence-electron chi connectivity index (χ3n) is 6.95. The van der Waals surface area contributed by atoms with Gasteiger partial charge in [-0.1, -0.05) is 42.5 Å². The van der Waals surface area contributed by atoms with E-state index < -0.39 is 0 Å². The first-order valence-corrected chi connectivity index (χ1v) is 13.4. The van der Waals surface area contributed by atoms with E-state index in [2.05, 4.69) is 17.1 Å². The zero-order valence-corrected chi connectivity index (χ0v) is 22.2. The molecule has 2 amide bonds. The first-order valence-electron chi connectivity index (χ1n) is 13.4. The van der Waals surface area contributed by atoms with Crippen LogP contribution in [-0.2, 0) is 22.5 Å². The van der Waals surface area contributed by atoms with Gasteiger partial charge in [0.05, 0.1) is 24.5 Å². The summed E-state index contributed by atoms with van der Waals surface area (Å²) >= 11 is 0. The van der Waals surface area contributed by atoms with E-state index in [0.29, 0.717) is 63.5 Å². The molecule has 4 rings (SSSR count). The molecule has 2 heterocycles. The highest BCUT2D eigenvalue weighted by atomic mass is 16.5. The average Bonchev–Trinajstić information content (AvgIpc) is 3.47. The molecule has 8 nitrogen and oxygen atoms in total. The Morgan fingerprint density at radius 3 is 2.61 bits per heavy atom. The lowest BCUT2D eigenvalue weighted by Gasteiger charge is -2.32. The van der Waals surface area contributed by atoms with Gasteiger partial charge in [0.15, 0.2) is 0 Å². The summed E-state index contributed by atoms with van der Waals surface area (Å²) in [5, 5.41) is 0. The number of fused-ring (bicyclic) bond motifs is 1. The van der Waals surface area contributed by atoms with Gasteiger partial charge < -0.3 is 23.8 Å². The van der Waals surface area contributed by atoms with Crippen LogP contribution in [0.4, 0.5) is 0 Å². The summed E-state index contributed by atoms with van der Waals surface area (Å²) in [5.74, 6) is 0.594. The molecule has 8 heteroatoms. The molecule has 1 aliphatic heterocycles. The summed E-state index contributed by atoms with van der Waals surface area (Å²) in [4.78, 5) is 35.0. The number of ether oxygens (including phenoxy) is 2. The highest BCUT2D eigenvalue weighted by molar-refractivity contribution is 5.97. The van der Waals surface area contributed by atoms with Crippen molar-refractivity contribution in [2.24, 2.45) is 0 Å². The van der Waals surface area contributed by atoms with Crippen molar-refractivity contribution in [1.29, 1.82) is 0 Å². The van der Waals surface area contributed by atoms with Crippen molar-refractivity contribution in [3.8, 4) is 5.75 Å². The van der Waals surface area contributed by atoms with Crippen LogP contribution >= 0.6 is 0 Å². The Morgan fingerprint density at radius 2 is 1.82 bits per heavy atom. The lowest BCUT2D eigenvalue weighted by Crippen LogP contribution is -2.46. The SMILES string of the molecule is COCCN1CCCCCN(C(=O)CCn2ccnc2)[C@@H](Cc2ccccc2)COc2ccccc2C1=O. The van der Waals surface area contributed by atoms with Crippen LogP contribution in [0, 0.1) is 0 Å². The van der Waals surface area contributed by atoms with Crippen molar-refractivity contribution < 1.29 is 19.1 Å². The third-order valence-corrected chi connectivity index (χ3v) is 6.95. The molecular weight excluding hydrogens is 480 g/mol. The standard InChI is InChI=1S/C30H38N4O4/c1-37-21-20-33-16-8-3-9-17-34(29(35)14-18-32-19-15-31-24-32)26(22-25-10-4-2-5-11-25)23-38-28-13-7-6-12-27(28)30(33)36/h2,4-7,10-13,15,19,24,26H,3,8-9,14,16-18,20-23H2,1H3/t26-/m0/s1. The number of aromatic nitrogens is 2. The van der Waals surface area contributed by atoms with Crippen LogP contribution in [0.1, 0.15) is 41.6 Å². The Balaban J connectivity index is 1.60. The molecular formula is C30H38N4O4. The summed E-state index contributed by atoms with van der Waals surface area (Å²) in [6.07, 6.45) is 9.05. The number of benzene rings is 2. The minimum Gasteiger partial charge on any atom is -0.491 e. The number of methoxy groups -OCH3 is 1. The highest BCUT2D eigenvalue weighted by Gasteiger charge is 2.27. The predicted molar refractivity (Wildman–Crippen MR) is 146 cm³/mol. The lowest BCUT2D eigenvalue weighted by molar-refractivity contribution is -0.134. The highest BCUT2D eigenvalue weighted by Crippen LogP contribution is 2.23.